The largest absolute Gasteiger partial charge is 0.477 e. The highest BCUT2D eigenvalue weighted by molar-refractivity contribution is 8.00. The van der Waals surface area contributed by atoms with Crippen LogP contribution in [0.5, 0.6) is 5.88 Å². The molecule has 7 nitrogen and oxygen atoms in total. The van der Waals surface area contributed by atoms with Crippen LogP contribution in [0, 0.1) is 11.2 Å². The average molecular weight is 489 g/mol. The fourth-order valence-corrected chi connectivity index (χ4v) is 3.90. The van der Waals surface area contributed by atoms with Gasteiger partial charge in [0.15, 0.2) is 5.82 Å². The molecule has 0 radical (unpaired) electrons. The maximum Gasteiger partial charge on any atom is 0.228 e. The summed E-state index contributed by atoms with van der Waals surface area (Å²) in [5.41, 5.74) is 8.29. The van der Waals surface area contributed by atoms with Crippen molar-refractivity contribution in [2.24, 2.45) is 0 Å². The van der Waals surface area contributed by atoms with Gasteiger partial charge in [0.1, 0.15) is 11.6 Å². The second kappa shape index (κ2) is 11.3. The first-order valence-corrected chi connectivity index (χ1v) is 11.4. The van der Waals surface area contributed by atoms with Gasteiger partial charge in [0, 0.05) is 28.5 Å². The standard InChI is InChI=1S/C23H26ClFN6OS/c1-14(26)20-21(27)28-22(29-23(20)32-12-4-11-31(2)3)15-5-8-17(9-6-15)30-33-19-13-16(24)7-10-18(19)25/h5-10,13,26,30H,4,11-12H2,1-3H3,(H2,27,28,29). The minimum Gasteiger partial charge on any atom is -0.477 e. The van der Waals surface area contributed by atoms with Gasteiger partial charge in [-0.25, -0.2) is 9.37 Å². The molecule has 0 amide bonds. The van der Waals surface area contributed by atoms with Crippen LogP contribution in [0.1, 0.15) is 18.9 Å². The van der Waals surface area contributed by atoms with Crippen molar-refractivity contribution in [2.75, 3.05) is 37.7 Å². The normalized spacial score (nSPS) is 11.0. The zero-order chi connectivity index (χ0) is 24.0. The van der Waals surface area contributed by atoms with Crippen LogP contribution in [0.15, 0.2) is 47.4 Å². The number of ether oxygens (including phenoxy) is 1. The summed E-state index contributed by atoms with van der Waals surface area (Å²) < 4.78 is 22.9. The van der Waals surface area contributed by atoms with Crippen LogP contribution < -0.4 is 15.2 Å². The van der Waals surface area contributed by atoms with Crippen molar-refractivity contribution in [3.05, 3.63) is 58.9 Å². The van der Waals surface area contributed by atoms with Gasteiger partial charge in [0.2, 0.25) is 5.88 Å². The lowest BCUT2D eigenvalue weighted by atomic mass is 10.1. The van der Waals surface area contributed by atoms with Crippen molar-refractivity contribution in [1.82, 2.24) is 14.9 Å². The lowest BCUT2D eigenvalue weighted by Gasteiger charge is -2.14. The minimum absolute atomic E-state index is 0.198. The number of nitrogens with one attached hydrogen (secondary N) is 2. The fraction of sp³-hybridized carbons (Fsp3) is 0.261. The second-order valence-corrected chi connectivity index (χ2v) is 8.88. The molecule has 174 valence electrons. The Balaban J connectivity index is 1.76. The summed E-state index contributed by atoms with van der Waals surface area (Å²) in [7, 11) is 3.99. The van der Waals surface area contributed by atoms with E-state index in [0.29, 0.717) is 33.8 Å². The highest BCUT2D eigenvalue weighted by atomic mass is 35.5. The Hall–Kier alpha value is -2.88. The average Bonchev–Trinajstić information content (AvgIpc) is 2.77. The minimum atomic E-state index is -0.350. The molecule has 0 fully saturated rings. The Labute approximate surface area is 202 Å². The molecule has 0 aliphatic heterocycles. The molecule has 1 aromatic heterocycles. The van der Waals surface area contributed by atoms with Crippen LogP contribution in [-0.4, -0.2) is 47.8 Å². The summed E-state index contributed by atoms with van der Waals surface area (Å²) in [5, 5.41) is 8.49. The Kier molecular flexibility index (Phi) is 8.49. The van der Waals surface area contributed by atoms with Crippen molar-refractivity contribution in [3.63, 3.8) is 0 Å². The first kappa shape index (κ1) is 24.8. The molecule has 2 aromatic carbocycles. The van der Waals surface area contributed by atoms with Crippen LogP contribution in [0.3, 0.4) is 0 Å². The van der Waals surface area contributed by atoms with Crippen LogP contribution in [0.25, 0.3) is 11.4 Å². The van der Waals surface area contributed by atoms with Gasteiger partial charge in [0.05, 0.1) is 17.1 Å². The summed E-state index contributed by atoms with van der Waals surface area (Å²) in [5.74, 6) is 0.555. The zero-order valence-corrected chi connectivity index (χ0v) is 20.2. The number of halogens is 2. The Morgan fingerprint density at radius 3 is 2.61 bits per heavy atom. The number of anilines is 2. The van der Waals surface area contributed by atoms with Gasteiger partial charge >= 0.3 is 0 Å². The molecule has 3 aromatic rings. The van der Waals surface area contributed by atoms with Crippen LogP contribution in [0.2, 0.25) is 5.02 Å². The molecule has 0 aliphatic carbocycles. The first-order valence-electron chi connectivity index (χ1n) is 10.2. The van der Waals surface area contributed by atoms with Gasteiger partial charge in [-0.05, 0) is 81.9 Å². The number of hydrogen-bond acceptors (Lipinski definition) is 8. The number of nitrogens with zero attached hydrogens (tertiary/aromatic N) is 3. The quantitative estimate of drug-likeness (QED) is 0.201. The lowest BCUT2D eigenvalue weighted by molar-refractivity contribution is 0.273. The molecular formula is C23H26ClFN6OS. The van der Waals surface area contributed by atoms with Gasteiger partial charge in [0.25, 0.3) is 0 Å². The molecular weight excluding hydrogens is 463 g/mol. The summed E-state index contributed by atoms with van der Waals surface area (Å²) in [4.78, 5) is 11.4. The van der Waals surface area contributed by atoms with Gasteiger partial charge in [-0.3, -0.25) is 0 Å². The maximum atomic E-state index is 13.9. The second-order valence-electron chi connectivity index (χ2n) is 7.60. The number of rotatable bonds is 10. The predicted molar refractivity (Wildman–Crippen MR) is 134 cm³/mol. The topological polar surface area (TPSA) is 100 Å². The SMILES string of the molecule is CC(=N)c1c(N)nc(-c2ccc(NSc3cc(Cl)ccc3F)cc2)nc1OCCCN(C)C. The van der Waals surface area contributed by atoms with E-state index in [9.17, 15) is 4.39 Å². The van der Waals surface area contributed by atoms with Gasteiger partial charge in [-0.1, -0.05) is 11.6 Å². The van der Waals surface area contributed by atoms with Gasteiger partial charge < -0.3 is 25.5 Å². The van der Waals surface area contributed by atoms with E-state index >= 15 is 0 Å². The number of nitrogen functional groups attached to an aromatic ring is 1. The summed E-state index contributed by atoms with van der Waals surface area (Å²) in [6.07, 6.45) is 0.813. The van der Waals surface area contributed by atoms with E-state index in [-0.39, 0.29) is 17.3 Å². The van der Waals surface area contributed by atoms with Crippen molar-refractivity contribution in [1.29, 1.82) is 5.41 Å². The smallest absolute Gasteiger partial charge is 0.228 e. The third-order valence-electron chi connectivity index (χ3n) is 4.58. The van der Waals surface area contributed by atoms with Crippen LogP contribution in [0.4, 0.5) is 15.9 Å². The predicted octanol–water partition coefficient (Wildman–Crippen LogP) is 5.36. The van der Waals surface area contributed by atoms with E-state index in [0.717, 1.165) is 36.2 Å². The van der Waals surface area contributed by atoms with E-state index in [1.807, 2.05) is 38.4 Å². The van der Waals surface area contributed by atoms with Crippen molar-refractivity contribution >= 4 is 40.8 Å². The molecule has 0 unspecified atom stereocenters. The molecule has 33 heavy (non-hydrogen) atoms. The van der Waals surface area contributed by atoms with Crippen molar-refractivity contribution in [2.45, 2.75) is 18.2 Å². The highest BCUT2D eigenvalue weighted by Crippen LogP contribution is 2.29. The molecule has 1 heterocycles. The number of aromatic nitrogens is 2. The van der Waals surface area contributed by atoms with Gasteiger partial charge in [-0.15, -0.1) is 0 Å². The molecule has 0 bridgehead atoms. The Bertz CT molecular complexity index is 1130. The van der Waals surface area contributed by atoms with Crippen molar-refractivity contribution in [3.8, 4) is 17.3 Å². The third kappa shape index (κ3) is 6.80. The van der Waals surface area contributed by atoms with E-state index < -0.39 is 0 Å². The summed E-state index contributed by atoms with van der Waals surface area (Å²) >= 11 is 7.07. The van der Waals surface area contributed by atoms with Crippen LogP contribution in [-0.2, 0) is 0 Å². The number of hydrogen-bond donors (Lipinski definition) is 3. The van der Waals surface area contributed by atoms with Gasteiger partial charge in [-0.2, -0.15) is 4.98 Å². The van der Waals surface area contributed by atoms with E-state index in [1.54, 1.807) is 13.0 Å². The molecule has 0 saturated heterocycles. The zero-order valence-electron chi connectivity index (χ0n) is 18.7. The molecule has 0 aliphatic rings. The molecule has 0 atom stereocenters. The molecule has 0 saturated carbocycles. The van der Waals surface area contributed by atoms with E-state index in [4.69, 9.17) is 27.5 Å². The molecule has 0 spiro atoms. The molecule has 3 rings (SSSR count). The maximum absolute atomic E-state index is 13.9. The lowest BCUT2D eigenvalue weighted by Crippen LogP contribution is -2.17. The summed E-state index contributed by atoms with van der Waals surface area (Å²) in [6, 6.07) is 11.7. The van der Waals surface area contributed by atoms with E-state index in [1.165, 1.54) is 12.1 Å². The first-order chi connectivity index (χ1) is 15.7. The Morgan fingerprint density at radius 1 is 1.21 bits per heavy atom. The van der Waals surface area contributed by atoms with Crippen molar-refractivity contribution < 1.29 is 9.13 Å². The Morgan fingerprint density at radius 2 is 1.94 bits per heavy atom. The molecule has 10 heteroatoms. The summed E-state index contributed by atoms with van der Waals surface area (Å²) in [6.45, 7) is 2.95. The number of benzene rings is 2. The van der Waals surface area contributed by atoms with Crippen LogP contribution >= 0.6 is 23.5 Å². The third-order valence-corrected chi connectivity index (χ3v) is 5.69. The fourth-order valence-electron chi connectivity index (χ4n) is 2.95. The van der Waals surface area contributed by atoms with E-state index in [2.05, 4.69) is 19.6 Å². The molecule has 4 N–H and O–H groups in total. The number of nitrogens with two attached hydrogens (primary N) is 1. The monoisotopic (exact) mass is 488 g/mol. The highest BCUT2D eigenvalue weighted by Gasteiger charge is 2.17.